The quantitative estimate of drug-likeness (QED) is 0.809. The van der Waals surface area contributed by atoms with Crippen molar-refractivity contribution in [3.8, 4) is 5.75 Å². The number of piperidine rings is 1. The SMILES string of the molecule is COc1ccc(CC(=O)NC2CCN(C(=O)Cc3ccc(Cl)cc3)CC2)cc1. The van der Waals surface area contributed by atoms with E-state index in [1.54, 1.807) is 19.2 Å². The Morgan fingerprint density at radius 1 is 1.00 bits per heavy atom. The molecule has 2 aromatic rings. The third-order valence-electron chi connectivity index (χ3n) is 5.01. The topological polar surface area (TPSA) is 58.6 Å². The molecule has 0 aliphatic carbocycles. The highest BCUT2D eigenvalue weighted by Gasteiger charge is 2.23. The molecule has 28 heavy (non-hydrogen) atoms. The molecule has 0 saturated carbocycles. The fraction of sp³-hybridized carbons (Fsp3) is 0.364. The van der Waals surface area contributed by atoms with Gasteiger partial charge in [0.1, 0.15) is 5.75 Å². The standard InChI is InChI=1S/C22H25ClN2O3/c1-28-20-8-4-16(5-9-20)14-21(26)24-19-10-12-25(13-11-19)22(27)15-17-2-6-18(23)7-3-17/h2-9,19H,10-15H2,1H3,(H,24,26). The van der Waals surface area contributed by atoms with Crippen LogP contribution in [0, 0.1) is 0 Å². The minimum Gasteiger partial charge on any atom is -0.497 e. The second-order valence-electron chi connectivity index (χ2n) is 7.05. The summed E-state index contributed by atoms with van der Waals surface area (Å²) in [5, 5.41) is 3.76. The zero-order valence-corrected chi connectivity index (χ0v) is 16.7. The number of methoxy groups -OCH3 is 1. The van der Waals surface area contributed by atoms with Crippen LogP contribution in [-0.2, 0) is 22.4 Å². The molecule has 6 heteroatoms. The monoisotopic (exact) mass is 400 g/mol. The van der Waals surface area contributed by atoms with E-state index in [4.69, 9.17) is 16.3 Å². The maximum absolute atomic E-state index is 12.5. The molecule has 2 amide bonds. The Bertz CT molecular complexity index is 798. The molecule has 0 spiro atoms. The highest BCUT2D eigenvalue weighted by Crippen LogP contribution is 2.15. The van der Waals surface area contributed by atoms with Crippen molar-refractivity contribution >= 4 is 23.4 Å². The number of nitrogens with zero attached hydrogens (tertiary/aromatic N) is 1. The Hall–Kier alpha value is -2.53. The number of rotatable bonds is 6. The summed E-state index contributed by atoms with van der Waals surface area (Å²) in [6, 6.07) is 15.0. The van der Waals surface area contributed by atoms with E-state index in [1.165, 1.54) is 0 Å². The Morgan fingerprint density at radius 3 is 2.18 bits per heavy atom. The Labute approximate surface area is 170 Å². The second-order valence-corrected chi connectivity index (χ2v) is 7.49. The molecule has 1 heterocycles. The first-order valence-corrected chi connectivity index (χ1v) is 9.86. The van der Waals surface area contributed by atoms with Gasteiger partial charge in [-0.15, -0.1) is 0 Å². The van der Waals surface area contributed by atoms with E-state index in [2.05, 4.69) is 5.32 Å². The lowest BCUT2D eigenvalue weighted by atomic mass is 10.0. The van der Waals surface area contributed by atoms with Crippen LogP contribution in [-0.4, -0.2) is 43.0 Å². The molecule has 3 rings (SSSR count). The first-order valence-electron chi connectivity index (χ1n) is 9.48. The summed E-state index contributed by atoms with van der Waals surface area (Å²) in [6.45, 7) is 1.33. The number of likely N-dealkylation sites (tertiary alicyclic amines) is 1. The molecular weight excluding hydrogens is 376 g/mol. The zero-order valence-electron chi connectivity index (χ0n) is 16.0. The Morgan fingerprint density at radius 2 is 1.57 bits per heavy atom. The summed E-state index contributed by atoms with van der Waals surface area (Å²) in [7, 11) is 1.62. The number of amides is 2. The maximum Gasteiger partial charge on any atom is 0.226 e. The molecule has 5 nitrogen and oxygen atoms in total. The molecule has 1 fully saturated rings. The van der Waals surface area contributed by atoms with Gasteiger partial charge in [-0.1, -0.05) is 35.9 Å². The van der Waals surface area contributed by atoms with Gasteiger partial charge < -0.3 is 15.0 Å². The zero-order chi connectivity index (χ0) is 19.9. The van der Waals surface area contributed by atoms with Crippen LogP contribution < -0.4 is 10.1 Å². The van der Waals surface area contributed by atoms with Crippen molar-refractivity contribution in [2.24, 2.45) is 0 Å². The summed E-state index contributed by atoms with van der Waals surface area (Å²) in [5.41, 5.74) is 1.91. The van der Waals surface area contributed by atoms with Crippen LogP contribution in [0.25, 0.3) is 0 Å². The van der Waals surface area contributed by atoms with Crippen molar-refractivity contribution in [3.63, 3.8) is 0 Å². The van der Waals surface area contributed by atoms with Crippen LogP contribution >= 0.6 is 11.6 Å². The molecule has 148 valence electrons. The molecule has 1 N–H and O–H groups in total. The van der Waals surface area contributed by atoms with E-state index >= 15 is 0 Å². The molecule has 0 aromatic heterocycles. The van der Waals surface area contributed by atoms with Gasteiger partial charge in [0.2, 0.25) is 11.8 Å². The molecule has 2 aromatic carbocycles. The van der Waals surface area contributed by atoms with Gasteiger partial charge in [-0.2, -0.15) is 0 Å². The van der Waals surface area contributed by atoms with E-state index in [-0.39, 0.29) is 17.9 Å². The summed E-state index contributed by atoms with van der Waals surface area (Å²) >= 11 is 5.88. The number of benzene rings is 2. The first kappa shape index (κ1) is 20.2. The smallest absolute Gasteiger partial charge is 0.226 e. The molecule has 0 radical (unpaired) electrons. The predicted octanol–water partition coefficient (Wildman–Crippen LogP) is 3.24. The fourth-order valence-corrected chi connectivity index (χ4v) is 3.50. The highest BCUT2D eigenvalue weighted by molar-refractivity contribution is 6.30. The summed E-state index contributed by atoms with van der Waals surface area (Å²) in [4.78, 5) is 26.6. The van der Waals surface area contributed by atoms with Gasteiger partial charge in [-0.05, 0) is 48.2 Å². The number of carbonyl (C=O) groups is 2. The van der Waals surface area contributed by atoms with Crippen LogP contribution in [0.5, 0.6) is 5.75 Å². The molecule has 0 unspecified atom stereocenters. The Kier molecular flexibility index (Phi) is 6.93. The van der Waals surface area contributed by atoms with Gasteiger partial charge in [0.25, 0.3) is 0 Å². The lowest BCUT2D eigenvalue weighted by Gasteiger charge is -2.32. The lowest BCUT2D eigenvalue weighted by molar-refractivity contribution is -0.131. The number of nitrogens with one attached hydrogen (secondary N) is 1. The van der Waals surface area contributed by atoms with Gasteiger partial charge in [-0.3, -0.25) is 9.59 Å². The fourth-order valence-electron chi connectivity index (χ4n) is 3.37. The van der Waals surface area contributed by atoms with E-state index < -0.39 is 0 Å². The second kappa shape index (κ2) is 9.60. The van der Waals surface area contributed by atoms with Crippen molar-refractivity contribution in [2.45, 2.75) is 31.7 Å². The van der Waals surface area contributed by atoms with Gasteiger partial charge in [0.15, 0.2) is 0 Å². The van der Waals surface area contributed by atoms with Crippen LogP contribution in [0.4, 0.5) is 0 Å². The molecular formula is C22H25ClN2O3. The minimum atomic E-state index is 0.0103. The number of ether oxygens (including phenoxy) is 1. The summed E-state index contributed by atoms with van der Waals surface area (Å²) in [6.07, 6.45) is 2.28. The predicted molar refractivity (Wildman–Crippen MR) is 110 cm³/mol. The number of hydrogen-bond acceptors (Lipinski definition) is 3. The number of halogens is 1. The average Bonchev–Trinajstić information content (AvgIpc) is 2.71. The minimum absolute atomic E-state index is 0.0103. The van der Waals surface area contributed by atoms with Crippen molar-refractivity contribution in [3.05, 3.63) is 64.7 Å². The van der Waals surface area contributed by atoms with E-state index in [0.29, 0.717) is 31.0 Å². The van der Waals surface area contributed by atoms with Crippen molar-refractivity contribution in [2.75, 3.05) is 20.2 Å². The van der Waals surface area contributed by atoms with E-state index in [1.807, 2.05) is 41.3 Å². The number of hydrogen-bond donors (Lipinski definition) is 1. The third kappa shape index (κ3) is 5.73. The van der Waals surface area contributed by atoms with Gasteiger partial charge in [0, 0.05) is 24.2 Å². The van der Waals surface area contributed by atoms with Crippen LogP contribution in [0.1, 0.15) is 24.0 Å². The summed E-state index contributed by atoms with van der Waals surface area (Å²) in [5.74, 6) is 0.904. The van der Waals surface area contributed by atoms with Crippen LogP contribution in [0.15, 0.2) is 48.5 Å². The van der Waals surface area contributed by atoms with Crippen LogP contribution in [0.3, 0.4) is 0 Å². The molecule has 1 saturated heterocycles. The lowest BCUT2D eigenvalue weighted by Crippen LogP contribution is -2.47. The largest absolute Gasteiger partial charge is 0.497 e. The van der Waals surface area contributed by atoms with E-state index in [0.717, 1.165) is 29.7 Å². The molecule has 1 aliphatic heterocycles. The first-order chi connectivity index (χ1) is 13.5. The molecule has 0 atom stereocenters. The summed E-state index contributed by atoms with van der Waals surface area (Å²) < 4.78 is 5.13. The van der Waals surface area contributed by atoms with Crippen LogP contribution in [0.2, 0.25) is 5.02 Å². The van der Waals surface area contributed by atoms with E-state index in [9.17, 15) is 9.59 Å². The average molecular weight is 401 g/mol. The molecule has 1 aliphatic rings. The van der Waals surface area contributed by atoms with Gasteiger partial charge in [-0.25, -0.2) is 0 Å². The normalized spacial score (nSPS) is 14.6. The highest BCUT2D eigenvalue weighted by atomic mass is 35.5. The van der Waals surface area contributed by atoms with Crippen molar-refractivity contribution in [1.82, 2.24) is 10.2 Å². The Balaban J connectivity index is 1.42. The number of carbonyl (C=O) groups excluding carboxylic acids is 2. The van der Waals surface area contributed by atoms with Gasteiger partial charge >= 0.3 is 0 Å². The molecule has 0 bridgehead atoms. The third-order valence-corrected chi connectivity index (χ3v) is 5.26. The van der Waals surface area contributed by atoms with Crippen molar-refractivity contribution < 1.29 is 14.3 Å². The van der Waals surface area contributed by atoms with Gasteiger partial charge in [0.05, 0.1) is 20.0 Å². The van der Waals surface area contributed by atoms with Crippen molar-refractivity contribution in [1.29, 1.82) is 0 Å². The maximum atomic E-state index is 12.5.